The second-order valence-electron chi connectivity index (χ2n) is 15.3. The number of hydrogen-bond donors (Lipinski definition) is 0. The average molecular weight is 751 g/mol. The van der Waals surface area contributed by atoms with Gasteiger partial charge in [-0.3, -0.25) is 4.57 Å². The zero-order chi connectivity index (χ0) is 39.2. The minimum Gasteiger partial charge on any atom is -0.313 e. The van der Waals surface area contributed by atoms with Crippen molar-refractivity contribution in [2.45, 2.75) is 46.5 Å². The summed E-state index contributed by atoms with van der Waals surface area (Å²) >= 11 is 0. The number of rotatable bonds is 10. The molecule has 3 heterocycles. The Morgan fingerprint density at radius 1 is 0.500 bits per heavy atom. The lowest BCUT2D eigenvalue weighted by Crippen LogP contribution is -2.08. The molecule has 0 atom stereocenters. The van der Waals surface area contributed by atoms with Crippen molar-refractivity contribution in [1.82, 2.24) is 13.7 Å². The van der Waals surface area contributed by atoms with E-state index >= 15 is 0 Å². The van der Waals surface area contributed by atoms with Gasteiger partial charge >= 0.3 is 0 Å². The fourth-order valence-electron chi connectivity index (χ4n) is 9.12. The quantitative estimate of drug-likeness (QED) is 0.125. The third-order valence-electron chi connectivity index (χ3n) is 11.9. The molecule has 58 heavy (non-hydrogen) atoms. The van der Waals surface area contributed by atoms with Gasteiger partial charge in [0.1, 0.15) is 5.82 Å². The molecular formula is C54H46N4. The van der Waals surface area contributed by atoms with Gasteiger partial charge in [0.05, 0.1) is 38.8 Å². The topological polar surface area (TPSA) is 27.1 Å². The largest absolute Gasteiger partial charge is 0.313 e. The van der Waals surface area contributed by atoms with E-state index in [0.29, 0.717) is 0 Å². The van der Waals surface area contributed by atoms with Crippen LogP contribution in [-0.2, 0) is 0 Å². The highest BCUT2D eigenvalue weighted by Crippen LogP contribution is 2.40. The summed E-state index contributed by atoms with van der Waals surface area (Å²) in [6.07, 6.45) is 5.92. The highest BCUT2D eigenvalue weighted by atomic mass is 15.1. The average Bonchev–Trinajstić information content (AvgIpc) is 3.91. The fraction of sp³-hybridized carbons (Fsp3) is 0.130. The fourth-order valence-corrected chi connectivity index (χ4v) is 9.12. The van der Waals surface area contributed by atoms with Crippen LogP contribution in [0.3, 0.4) is 0 Å². The third kappa shape index (κ3) is 5.87. The van der Waals surface area contributed by atoms with Crippen molar-refractivity contribution in [2.75, 3.05) is 0 Å². The number of allylic oxidation sites excluding steroid dienone is 3. The van der Waals surface area contributed by atoms with E-state index in [0.717, 1.165) is 42.8 Å². The van der Waals surface area contributed by atoms with Crippen LogP contribution < -0.4 is 0 Å². The van der Waals surface area contributed by atoms with Crippen LogP contribution >= 0.6 is 0 Å². The molecule has 0 saturated carbocycles. The van der Waals surface area contributed by atoms with Gasteiger partial charge in [0.15, 0.2) is 0 Å². The zero-order valence-electron chi connectivity index (χ0n) is 33.4. The Morgan fingerprint density at radius 2 is 0.983 bits per heavy atom. The summed E-state index contributed by atoms with van der Waals surface area (Å²) in [4.78, 5) is 5.70. The lowest BCUT2D eigenvalue weighted by Gasteiger charge is -2.18. The second kappa shape index (κ2) is 14.9. The van der Waals surface area contributed by atoms with Crippen LogP contribution in [0.2, 0.25) is 0 Å². The molecule has 3 aromatic heterocycles. The highest BCUT2D eigenvalue weighted by Gasteiger charge is 2.21. The van der Waals surface area contributed by atoms with E-state index in [1.165, 1.54) is 82.4 Å². The predicted molar refractivity (Wildman–Crippen MR) is 249 cm³/mol. The van der Waals surface area contributed by atoms with Crippen LogP contribution in [0.4, 0.5) is 0 Å². The first kappa shape index (κ1) is 35.5. The smallest absolute Gasteiger partial charge is 0.133 e. The molecule has 10 aromatic rings. The maximum Gasteiger partial charge on any atom is 0.133 e. The van der Waals surface area contributed by atoms with E-state index in [4.69, 9.17) is 4.99 Å². The van der Waals surface area contributed by atoms with Crippen molar-refractivity contribution >= 4 is 82.6 Å². The van der Waals surface area contributed by atoms with Gasteiger partial charge in [-0.05, 0) is 85.5 Å². The first-order valence-electron chi connectivity index (χ1n) is 20.7. The van der Waals surface area contributed by atoms with Crippen molar-refractivity contribution in [3.63, 3.8) is 0 Å². The van der Waals surface area contributed by atoms with Crippen molar-refractivity contribution in [1.29, 1.82) is 0 Å². The molecule has 0 aliphatic carbocycles. The van der Waals surface area contributed by atoms with Crippen molar-refractivity contribution < 1.29 is 0 Å². The molecule has 0 N–H and O–H groups in total. The third-order valence-corrected chi connectivity index (χ3v) is 11.9. The van der Waals surface area contributed by atoms with Crippen LogP contribution in [0, 0.1) is 0 Å². The Kier molecular flexibility index (Phi) is 9.10. The summed E-state index contributed by atoms with van der Waals surface area (Å²) in [5.74, 6) is 0.972. The predicted octanol–water partition coefficient (Wildman–Crippen LogP) is 14.8. The summed E-state index contributed by atoms with van der Waals surface area (Å²) < 4.78 is 7.30. The van der Waals surface area contributed by atoms with Gasteiger partial charge in [-0.1, -0.05) is 142 Å². The maximum atomic E-state index is 5.70. The second-order valence-corrected chi connectivity index (χ2v) is 15.3. The number of nitrogens with zero attached hydrogens (tertiary/aromatic N) is 4. The molecule has 0 unspecified atom stereocenters. The summed E-state index contributed by atoms with van der Waals surface area (Å²) in [5, 5.41) is 7.51. The molecule has 0 bridgehead atoms. The van der Waals surface area contributed by atoms with E-state index in [9.17, 15) is 0 Å². The van der Waals surface area contributed by atoms with Crippen molar-refractivity contribution in [2.24, 2.45) is 4.99 Å². The minimum atomic E-state index is 0.719. The minimum absolute atomic E-state index is 0.719. The molecular weight excluding hydrogens is 705 g/mol. The number of fused-ring (bicyclic) bond motifs is 9. The van der Waals surface area contributed by atoms with Crippen molar-refractivity contribution in [3.05, 3.63) is 187 Å². The Hall–Kier alpha value is -6.91. The number of aromatic nitrogens is 3. The molecule has 0 aliphatic heterocycles. The summed E-state index contributed by atoms with van der Waals surface area (Å²) in [6, 6.07) is 61.5. The van der Waals surface area contributed by atoms with Crippen LogP contribution in [0.25, 0.3) is 82.6 Å². The molecule has 7 aromatic carbocycles. The van der Waals surface area contributed by atoms with Gasteiger partial charge in [-0.25, -0.2) is 4.99 Å². The van der Waals surface area contributed by atoms with Gasteiger partial charge in [0.25, 0.3) is 0 Å². The molecule has 4 nitrogen and oxygen atoms in total. The Balaban J connectivity index is 1.19. The number of hydrogen-bond acceptors (Lipinski definition) is 1. The maximum absolute atomic E-state index is 5.70. The molecule has 0 aliphatic rings. The normalized spacial score (nSPS) is 13.2. The molecule has 0 fully saturated rings. The Morgan fingerprint density at radius 3 is 1.59 bits per heavy atom. The van der Waals surface area contributed by atoms with Gasteiger partial charge in [0.2, 0.25) is 0 Å². The van der Waals surface area contributed by atoms with Crippen LogP contribution in [-0.4, -0.2) is 19.4 Å². The van der Waals surface area contributed by atoms with E-state index < -0.39 is 0 Å². The first-order valence-corrected chi connectivity index (χ1v) is 20.7. The van der Waals surface area contributed by atoms with E-state index in [1.807, 2.05) is 0 Å². The van der Waals surface area contributed by atoms with Crippen LogP contribution in [0.5, 0.6) is 0 Å². The molecule has 0 amide bonds. The first-order chi connectivity index (χ1) is 28.6. The molecule has 0 saturated heterocycles. The summed E-state index contributed by atoms with van der Waals surface area (Å²) in [7, 11) is 0. The number of benzene rings is 7. The number of aliphatic imine (C=N–C) groups is 1. The Labute approximate surface area is 339 Å². The van der Waals surface area contributed by atoms with Gasteiger partial charge in [-0.15, -0.1) is 0 Å². The van der Waals surface area contributed by atoms with Crippen molar-refractivity contribution in [3.8, 4) is 5.69 Å². The van der Waals surface area contributed by atoms with Crippen LogP contribution in [0.1, 0.15) is 52.0 Å². The molecule has 0 radical (unpaired) electrons. The van der Waals surface area contributed by atoms with Gasteiger partial charge < -0.3 is 9.13 Å². The molecule has 282 valence electrons. The lowest BCUT2D eigenvalue weighted by atomic mass is 9.98. The summed E-state index contributed by atoms with van der Waals surface area (Å²) in [5.41, 5.74) is 13.2. The molecule has 0 spiro atoms. The van der Waals surface area contributed by atoms with E-state index in [2.05, 4.69) is 210 Å². The molecule has 4 heteroatoms. The van der Waals surface area contributed by atoms with Crippen LogP contribution in [0.15, 0.2) is 186 Å². The van der Waals surface area contributed by atoms with Gasteiger partial charge in [-0.2, -0.15) is 0 Å². The monoisotopic (exact) mass is 750 g/mol. The molecule has 10 rings (SSSR count). The number of unbranched alkanes of at least 4 members (excludes halogenated alkanes) is 1. The zero-order valence-corrected chi connectivity index (χ0v) is 33.4. The van der Waals surface area contributed by atoms with E-state index in [-0.39, 0.29) is 0 Å². The van der Waals surface area contributed by atoms with E-state index in [1.54, 1.807) is 0 Å². The van der Waals surface area contributed by atoms with Gasteiger partial charge in [0, 0.05) is 50.1 Å². The Bertz CT molecular complexity index is 3190. The SMILES string of the molecule is CCC/C=C(/N=C(C/C(CC)=C(\C)n1c2ccccc2c2cc3c(cc21)c1ccccc1n3-c1ccccc1)c1ccccc1)n1c2ccccc2c2ccccc21. The lowest BCUT2D eigenvalue weighted by molar-refractivity contribution is 0.948. The highest BCUT2D eigenvalue weighted by molar-refractivity contribution is 6.19. The summed E-state index contributed by atoms with van der Waals surface area (Å²) in [6.45, 7) is 6.84. The standard InChI is InChI=1S/C54H46N4/c1-4-6-33-54(58-50-31-19-13-25-41(50)42-26-14-20-32-51(42)58)55-47(39-21-9-7-10-22-39)34-38(5-2)37(3)56-48-29-17-15-27-43(48)45-36-53-46(35-52(45)56)44-28-16-18-30-49(44)57(53)40-23-11-8-12-24-40/h7-33,35-36H,4-6,34H2,1-3H3/b38-37+,54-33-,55-47?. The number of para-hydroxylation sites is 5.